The van der Waals surface area contributed by atoms with Gasteiger partial charge >= 0.3 is 0 Å². The largest absolute Gasteiger partial charge is 0.388 e. The van der Waals surface area contributed by atoms with E-state index in [1.165, 1.54) is 0 Å². The minimum Gasteiger partial charge on any atom is -0.388 e. The van der Waals surface area contributed by atoms with E-state index in [9.17, 15) is 5.11 Å². The highest BCUT2D eigenvalue weighted by molar-refractivity contribution is 7.99. The van der Waals surface area contributed by atoms with Crippen LogP contribution in [0.4, 0.5) is 0 Å². The van der Waals surface area contributed by atoms with Gasteiger partial charge in [-0.1, -0.05) is 13.8 Å². The van der Waals surface area contributed by atoms with Crippen LogP contribution >= 0.6 is 11.8 Å². The van der Waals surface area contributed by atoms with Crippen LogP contribution in [0.25, 0.3) is 0 Å². The summed E-state index contributed by atoms with van der Waals surface area (Å²) in [4.78, 5) is 0. The van der Waals surface area contributed by atoms with Crippen molar-refractivity contribution in [3.05, 3.63) is 18.0 Å². The summed E-state index contributed by atoms with van der Waals surface area (Å²) in [6, 6.07) is 0. The summed E-state index contributed by atoms with van der Waals surface area (Å²) in [5.41, 5.74) is 0.945. The molecule has 1 heterocycles. The van der Waals surface area contributed by atoms with Crippen LogP contribution in [0.1, 0.15) is 38.4 Å². The molecule has 0 spiro atoms. The van der Waals surface area contributed by atoms with Gasteiger partial charge < -0.3 is 5.11 Å². The highest BCUT2D eigenvalue weighted by Gasteiger charge is 2.09. The van der Waals surface area contributed by atoms with Crippen molar-refractivity contribution in [2.24, 2.45) is 0 Å². The summed E-state index contributed by atoms with van der Waals surface area (Å²) < 4.78 is 1.89. The Morgan fingerprint density at radius 1 is 1.53 bits per heavy atom. The molecule has 1 aromatic rings. The van der Waals surface area contributed by atoms with Crippen molar-refractivity contribution in [1.82, 2.24) is 9.78 Å². The molecule has 0 bridgehead atoms. The van der Waals surface area contributed by atoms with Crippen molar-refractivity contribution in [1.29, 1.82) is 0 Å². The minimum atomic E-state index is -0.352. The second-order valence-corrected chi connectivity index (χ2v) is 4.93. The molecule has 1 rings (SSSR count). The maximum absolute atomic E-state index is 9.86. The number of aromatic nitrogens is 2. The highest BCUT2D eigenvalue weighted by Crippen LogP contribution is 2.18. The van der Waals surface area contributed by atoms with Gasteiger partial charge in [-0.15, -0.1) is 0 Å². The first-order valence-corrected chi connectivity index (χ1v) is 6.71. The van der Waals surface area contributed by atoms with Gasteiger partial charge in [-0.05, 0) is 24.3 Å². The number of hydrogen-bond acceptors (Lipinski definition) is 3. The number of rotatable bonds is 7. The maximum Gasteiger partial charge on any atom is 0.0828 e. The summed E-state index contributed by atoms with van der Waals surface area (Å²) in [7, 11) is 0. The second kappa shape index (κ2) is 6.90. The van der Waals surface area contributed by atoms with Crippen LogP contribution in [-0.2, 0) is 6.54 Å². The first-order chi connectivity index (χ1) is 7.27. The Morgan fingerprint density at radius 3 is 3.00 bits per heavy atom. The van der Waals surface area contributed by atoms with E-state index in [1.807, 2.05) is 22.6 Å². The summed E-state index contributed by atoms with van der Waals surface area (Å²) in [5.74, 6) is 2.12. The molecule has 86 valence electrons. The van der Waals surface area contributed by atoms with Crippen LogP contribution in [0.3, 0.4) is 0 Å². The van der Waals surface area contributed by atoms with Gasteiger partial charge in [-0.2, -0.15) is 16.9 Å². The van der Waals surface area contributed by atoms with E-state index in [1.54, 1.807) is 6.20 Å². The quantitative estimate of drug-likeness (QED) is 0.729. The van der Waals surface area contributed by atoms with E-state index in [0.29, 0.717) is 0 Å². The molecule has 1 atom stereocenters. The third-order valence-electron chi connectivity index (χ3n) is 2.23. The fraction of sp³-hybridized carbons (Fsp3) is 0.727. The Hall–Kier alpha value is -0.480. The van der Waals surface area contributed by atoms with Crippen LogP contribution in [0, 0.1) is 0 Å². The lowest BCUT2D eigenvalue weighted by atomic mass is 10.2. The van der Waals surface area contributed by atoms with E-state index in [4.69, 9.17) is 0 Å². The first-order valence-electron chi connectivity index (χ1n) is 5.56. The average molecular weight is 228 g/mol. The molecule has 0 saturated carbocycles. The number of aryl methyl sites for hydroxylation is 1. The summed E-state index contributed by atoms with van der Waals surface area (Å²) >= 11 is 1.86. The van der Waals surface area contributed by atoms with Crippen molar-refractivity contribution in [3.63, 3.8) is 0 Å². The molecule has 0 radical (unpaired) electrons. The summed E-state index contributed by atoms with van der Waals surface area (Å²) in [6.07, 6.45) is 5.26. The topological polar surface area (TPSA) is 38.0 Å². The predicted octanol–water partition coefficient (Wildman–Crippen LogP) is 2.47. The van der Waals surface area contributed by atoms with Crippen molar-refractivity contribution < 1.29 is 5.11 Å². The van der Waals surface area contributed by atoms with Gasteiger partial charge in [-0.3, -0.25) is 4.68 Å². The van der Waals surface area contributed by atoms with Crippen molar-refractivity contribution in [3.8, 4) is 0 Å². The fourth-order valence-electron chi connectivity index (χ4n) is 1.41. The summed E-state index contributed by atoms with van der Waals surface area (Å²) in [6.45, 7) is 5.18. The summed E-state index contributed by atoms with van der Waals surface area (Å²) in [5, 5.41) is 14.1. The molecule has 0 aliphatic rings. The SMILES string of the molecule is CCCn1cc(C(O)CCSCC)cn1. The van der Waals surface area contributed by atoms with Gasteiger partial charge in [0, 0.05) is 18.3 Å². The smallest absolute Gasteiger partial charge is 0.0828 e. The zero-order valence-corrected chi connectivity index (χ0v) is 10.3. The molecule has 0 fully saturated rings. The Bertz CT molecular complexity index is 275. The van der Waals surface area contributed by atoms with E-state index >= 15 is 0 Å². The molecule has 0 amide bonds. The lowest BCUT2D eigenvalue weighted by Gasteiger charge is -2.06. The van der Waals surface area contributed by atoms with Crippen molar-refractivity contribution in [2.75, 3.05) is 11.5 Å². The Balaban J connectivity index is 2.39. The number of nitrogens with zero attached hydrogens (tertiary/aromatic N) is 2. The van der Waals surface area contributed by atoms with Crippen LogP contribution < -0.4 is 0 Å². The minimum absolute atomic E-state index is 0.352. The Labute approximate surface area is 95.9 Å². The molecule has 15 heavy (non-hydrogen) atoms. The van der Waals surface area contributed by atoms with Crippen LogP contribution in [-0.4, -0.2) is 26.4 Å². The molecule has 1 N–H and O–H groups in total. The van der Waals surface area contributed by atoms with E-state index in [0.717, 1.165) is 36.5 Å². The predicted molar refractivity (Wildman–Crippen MR) is 65.1 cm³/mol. The fourth-order valence-corrected chi connectivity index (χ4v) is 2.09. The van der Waals surface area contributed by atoms with Crippen LogP contribution in [0.5, 0.6) is 0 Å². The van der Waals surface area contributed by atoms with Crippen LogP contribution in [0.15, 0.2) is 12.4 Å². The molecule has 1 unspecified atom stereocenters. The van der Waals surface area contributed by atoms with E-state index in [2.05, 4.69) is 18.9 Å². The average Bonchev–Trinajstić information content (AvgIpc) is 2.67. The molecule has 0 aliphatic heterocycles. The molecule has 4 heteroatoms. The number of aliphatic hydroxyl groups is 1. The number of thioether (sulfide) groups is 1. The third kappa shape index (κ3) is 4.26. The molecule has 1 aromatic heterocycles. The van der Waals surface area contributed by atoms with E-state index < -0.39 is 0 Å². The van der Waals surface area contributed by atoms with Gasteiger partial charge in [0.1, 0.15) is 0 Å². The molecule has 0 aliphatic carbocycles. The van der Waals surface area contributed by atoms with Gasteiger partial charge in [0.2, 0.25) is 0 Å². The van der Waals surface area contributed by atoms with Gasteiger partial charge in [0.15, 0.2) is 0 Å². The Kier molecular flexibility index (Phi) is 5.79. The Morgan fingerprint density at radius 2 is 2.33 bits per heavy atom. The first kappa shape index (κ1) is 12.6. The number of hydrogen-bond donors (Lipinski definition) is 1. The molecule has 3 nitrogen and oxygen atoms in total. The molecular formula is C11H20N2OS. The zero-order chi connectivity index (χ0) is 11.1. The monoisotopic (exact) mass is 228 g/mol. The van der Waals surface area contributed by atoms with Gasteiger partial charge in [0.25, 0.3) is 0 Å². The second-order valence-electron chi connectivity index (χ2n) is 3.54. The maximum atomic E-state index is 9.86. The number of aliphatic hydroxyl groups excluding tert-OH is 1. The van der Waals surface area contributed by atoms with Gasteiger partial charge in [-0.25, -0.2) is 0 Å². The zero-order valence-electron chi connectivity index (χ0n) is 9.52. The molecule has 0 aromatic carbocycles. The lowest BCUT2D eigenvalue weighted by molar-refractivity contribution is 0.175. The third-order valence-corrected chi connectivity index (χ3v) is 3.16. The van der Waals surface area contributed by atoms with Crippen molar-refractivity contribution in [2.45, 2.75) is 39.3 Å². The lowest BCUT2D eigenvalue weighted by Crippen LogP contribution is -1.99. The molecule has 0 saturated heterocycles. The van der Waals surface area contributed by atoms with E-state index in [-0.39, 0.29) is 6.10 Å². The van der Waals surface area contributed by atoms with Gasteiger partial charge in [0.05, 0.1) is 12.3 Å². The standard InChI is InChI=1S/C11H20N2OS/c1-3-6-13-9-10(8-12-13)11(14)5-7-15-4-2/h8-9,11,14H,3-7H2,1-2H3. The highest BCUT2D eigenvalue weighted by atomic mass is 32.2. The normalized spacial score (nSPS) is 13.0. The van der Waals surface area contributed by atoms with Crippen LogP contribution in [0.2, 0.25) is 0 Å². The van der Waals surface area contributed by atoms with Crippen molar-refractivity contribution >= 4 is 11.8 Å². The molecular weight excluding hydrogens is 208 g/mol.